The van der Waals surface area contributed by atoms with Gasteiger partial charge in [0.05, 0.1) is 0 Å². The van der Waals surface area contributed by atoms with E-state index in [1.54, 1.807) is 6.07 Å². The van der Waals surface area contributed by atoms with E-state index in [1.165, 1.54) is 12.8 Å². The Morgan fingerprint density at radius 1 is 1.54 bits per heavy atom. The number of ether oxygens (including phenoxy) is 1. The van der Waals surface area contributed by atoms with Gasteiger partial charge >= 0.3 is 0 Å². The number of pyridine rings is 1. The molecule has 0 bridgehead atoms. The summed E-state index contributed by atoms with van der Waals surface area (Å²) in [5, 5.41) is 0. The number of hydrogen-bond acceptors (Lipinski definition) is 3. The normalized spacial score (nSPS) is 18.2. The fourth-order valence-corrected chi connectivity index (χ4v) is 1.35. The summed E-state index contributed by atoms with van der Waals surface area (Å²) in [4.78, 5) is 4.08. The topological polar surface area (TPSA) is 48.1 Å². The summed E-state index contributed by atoms with van der Waals surface area (Å²) in [6.45, 7) is 2.09. The van der Waals surface area contributed by atoms with E-state index >= 15 is 0 Å². The van der Waals surface area contributed by atoms with Crippen LogP contribution >= 0.6 is 0 Å². The number of nitrogens with two attached hydrogens (primary N) is 1. The van der Waals surface area contributed by atoms with Crippen molar-refractivity contribution in [2.24, 2.45) is 5.92 Å². The van der Waals surface area contributed by atoms with Gasteiger partial charge in [0.1, 0.15) is 11.9 Å². The quantitative estimate of drug-likeness (QED) is 0.768. The molecule has 1 heterocycles. The minimum Gasteiger partial charge on any atom is -0.474 e. The maximum Gasteiger partial charge on any atom is 0.215 e. The minimum atomic E-state index is 0.272. The molecule has 2 N–H and O–H groups in total. The van der Waals surface area contributed by atoms with Crippen LogP contribution in [0.1, 0.15) is 19.8 Å². The van der Waals surface area contributed by atoms with E-state index in [0.717, 1.165) is 5.92 Å². The van der Waals surface area contributed by atoms with Crippen molar-refractivity contribution in [2.75, 3.05) is 5.73 Å². The smallest absolute Gasteiger partial charge is 0.215 e. The number of aromatic nitrogens is 1. The van der Waals surface area contributed by atoms with Gasteiger partial charge in [-0.15, -0.1) is 0 Å². The van der Waals surface area contributed by atoms with Crippen LogP contribution in [0.5, 0.6) is 5.88 Å². The SMILES string of the molecule is CC(Oc1cccc(N)n1)C1CC1. The molecule has 0 aliphatic heterocycles. The molecule has 2 rings (SSSR count). The van der Waals surface area contributed by atoms with Crippen molar-refractivity contribution in [1.82, 2.24) is 4.98 Å². The molecule has 0 saturated heterocycles. The van der Waals surface area contributed by atoms with Crippen LogP contribution in [0.2, 0.25) is 0 Å². The maximum atomic E-state index is 5.63. The second-order valence-corrected chi connectivity index (χ2v) is 3.56. The van der Waals surface area contributed by atoms with Crippen LogP contribution in [-0.4, -0.2) is 11.1 Å². The molecule has 1 saturated carbocycles. The molecule has 1 aromatic heterocycles. The average Bonchev–Trinajstić information content (AvgIpc) is 2.85. The first-order chi connectivity index (χ1) is 6.25. The summed E-state index contributed by atoms with van der Waals surface area (Å²) in [5.41, 5.74) is 5.53. The number of nitrogens with zero attached hydrogens (tertiary/aromatic N) is 1. The van der Waals surface area contributed by atoms with Gasteiger partial charge in [0.15, 0.2) is 0 Å². The van der Waals surface area contributed by atoms with E-state index in [1.807, 2.05) is 12.1 Å². The van der Waals surface area contributed by atoms with Gasteiger partial charge < -0.3 is 10.5 Å². The van der Waals surface area contributed by atoms with Gasteiger partial charge in [-0.1, -0.05) is 6.07 Å². The molecule has 0 aromatic carbocycles. The molecule has 1 aliphatic rings. The molecule has 1 unspecified atom stereocenters. The van der Waals surface area contributed by atoms with Crippen molar-refractivity contribution in [1.29, 1.82) is 0 Å². The number of nitrogen functional groups attached to an aromatic ring is 1. The van der Waals surface area contributed by atoms with Crippen LogP contribution in [0.15, 0.2) is 18.2 Å². The van der Waals surface area contributed by atoms with Crippen molar-refractivity contribution >= 4 is 5.82 Å². The first-order valence-electron chi connectivity index (χ1n) is 4.65. The Kier molecular flexibility index (Phi) is 2.08. The highest BCUT2D eigenvalue weighted by Gasteiger charge is 2.29. The first-order valence-corrected chi connectivity index (χ1v) is 4.65. The lowest BCUT2D eigenvalue weighted by atomic mass is 10.3. The standard InChI is InChI=1S/C10H14N2O/c1-7(8-5-6-8)13-10-4-2-3-9(11)12-10/h2-4,7-8H,5-6H2,1H3,(H2,11,12). The molecule has 1 atom stereocenters. The summed E-state index contributed by atoms with van der Waals surface area (Å²) in [7, 11) is 0. The number of anilines is 1. The molecule has 0 radical (unpaired) electrons. The molecule has 0 spiro atoms. The third-order valence-electron chi connectivity index (χ3n) is 2.34. The summed E-state index contributed by atoms with van der Waals surface area (Å²) in [6, 6.07) is 5.46. The molecule has 3 heteroatoms. The van der Waals surface area contributed by atoms with E-state index in [4.69, 9.17) is 10.5 Å². The van der Waals surface area contributed by atoms with Gasteiger partial charge in [-0.2, -0.15) is 4.98 Å². The van der Waals surface area contributed by atoms with E-state index in [-0.39, 0.29) is 6.10 Å². The summed E-state index contributed by atoms with van der Waals surface area (Å²) in [5.74, 6) is 1.88. The van der Waals surface area contributed by atoms with Crippen LogP contribution < -0.4 is 10.5 Å². The fourth-order valence-electron chi connectivity index (χ4n) is 1.35. The molecular formula is C10H14N2O. The third kappa shape index (κ3) is 2.11. The van der Waals surface area contributed by atoms with Crippen molar-refractivity contribution in [3.05, 3.63) is 18.2 Å². The van der Waals surface area contributed by atoms with Crippen LogP contribution in [0.25, 0.3) is 0 Å². The summed E-state index contributed by atoms with van der Waals surface area (Å²) >= 11 is 0. The van der Waals surface area contributed by atoms with E-state index < -0.39 is 0 Å². The molecular weight excluding hydrogens is 164 g/mol. The monoisotopic (exact) mass is 178 g/mol. The average molecular weight is 178 g/mol. The Labute approximate surface area is 77.9 Å². The van der Waals surface area contributed by atoms with Gasteiger partial charge in [-0.3, -0.25) is 0 Å². The predicted octanol–water partition coefficient (Wildman–Crippen LogP) is 1.84. The Balaban J connectivity index is 2.00. The highest BCUT2D eigenvalue weighted by atomic mass is 16.5. The molecule has 3 nitrogen and oxygen atoms in total. The zero-order valence-electron chi connectivity index (χ0n) is 7.73. The van der Waals surface area contributed by atoms with Crippen LogP contribution in [-0.2, 0) is 0 Å². The Morgan fingerprint density at radius 2 is 2.31 bits per heavy atom. The minimum absolute atomic E-state index is 0.272. The van der Waals surface area contributed by atoms with Crippen LogP contribution in [0.4, 0.5) is 5.82 Å². The summed E-state index contributed by atoms with van der Waals surface area (Å²) < 4.78 is 5.63. The van der Waals surface area contributed by atoms with Crippen LogP contribution in [0, 0.1) is 5.92 Å². The second kappa shape index (κ2) is 3.24. The van der Waals surface area contributed by atoms with Gasteiger partial charge in [0.2, 0.25) is 5.88 Å². The number of hydrogen-bond donors (Lipinski definition) is 1. The summed E-state index contributed by atoms with van der Waals surface area (Å²) in [6.07, 6.45) is 2.83. The molecule has 13 heavy (non-hydrogen) atoms. The van der Waals surface area contributed by atoms with Crippen molar-refractivity contribution in [2.45, 2.75) is 25.9 Å². The third-order valence-corrected chi connectivity index (χ3v) is 2.34. The number of rotatable bonds is 3. The van der Waals surface area contributed by atoms with E-state index in [0.29, 0.717) is 11.7 Å². The van der Waals surface area contributed by atoms with Gasteiger partial charge in [-0.05, 0) is 31.7 Å². The molecule has 1 aromatic rings. The van der Waals surface area contributed by atoms with Gasteiger partial charge in [0.25, 0.3) is 0 Å². The van der Waals surface area contributed by atoms with Crippen LogP contribution in [0.3, 0.4) is 0 Å². The molecule has 1 aliphatic carbocycles. The Hall–Kier alpha value is -1.25. The lowest BCUT2D eigenvalue weighted by Gasteiger charge is -2.12. The lowest BCUT2D eigenvalue weighted by molar-refractivity contribution is 0.190. The molecule has 0 amide bonds. The molecule has 70 valence electrons. The molecule has 1 fully saturated rings. The van der Waals surface area contributed by atoms with Gasteiger partial charge in [-0.25, -0.2) is 0 Å². The van der Waals surface area contributed by atoms with Crippen molar-refractivity contribution in [3.63, 3.8) is 0 Å². The van der Waals surface area contributed by atoms with Crippen molar-refractivity contribution < 1.29 is 4.74 Å². The zero-order valence-corrected chi connectivity index (χ0v) is 7.73. The highest BCUT2D eigenvalue weighted by Crippen LogP contribution is 2.34. The maximum absolute atomic E-state index is 5.63. The predicted molar refractivity (Wildman–Crippen MR) is 51.5 cm³/mol. The van der Waals surface area contributed by atoms with E-state index in [9.17, 15) is 0 Å². The Morgan fingerprint density at radius 3 is 2.92 bits per heavy atom. The van der Waals surface area contributed by atoms with Crippen molar-refractivity contribution in [3.8, 4) is 5.88 Å². The Bertz CT molecular complexity index is 297. The fraction of sp³-hybridized carbons (Fsp3) is 0.500. The largest absolute Gasteiger partial charge is 0.474 e. The zero-order chi connectivity index (χ0) is 9.26. The van der Waals surface area contributed by atoms with E-state index in [2.05, 4.69) is 11.9 Å². The lowest BCUT2D eigenvalue weighted by Crippen LogP contribution is -2.14. The highest BCUT2D eigenvalue weighted by molar-refractivity contribution is 5.31. The van der Waals surface area contributed by atoms with Gasteiger partial charge in [0, 0.05) is 6.07 Å². The second-order valence-electron chi connectivity index (χ2n) is 3.56. The first kappa shape index (κ1) is 8.35.